The number of thiocarbonyl (C=S) groups is 1. The van der Waals surface area contributed by atoms with E-state index in [-0.39, 0.29) is 23.8 Å². The van der Waals surface area contributed by atoms with Crippen LogP contribution in [0.4, 0.5) is 0 Å². The van der Waals surface area contributed by atoms with Gasteiger partial charge in [0.1, 0.15) is 4.99 Å². The van der Waals surface area contributed by atoms with Gasteiger partial charge in [-0.2, -0.15) is 0 Å². The number of likely N-dealkylation sites (N-methyl/N-ethyl adjacent to an activating group) is 1. The van der Waals surface area contributed by atoms with E-state index in [0.717, 1.165) is 0 Å². The number of nitrogens with one attached hydrogen (secondary N) is 1. The molecule has 0 rings (SSSR count). The lowest BCUT2D eigenvalue weighted by Crippen LogP contribution is -2.26. The number of carbonyl (C=O) groups is 1. The molecule has 0 amide bonds. The van der Waals surface area contributed by atoms with Crippen LogP contribution in [0, 0.1) is 0 Å². The number of rotatable bonds is 5. The molecule has 2 N–H and O–H groups in total. The molecule has 0 aliphatic rings. The Morgan fingerprint density at radius 3 is 2.27 bits per heavy atom. The second kappa shape index (κ2) is 7.05. The normalized spacial score (nSPS) is 11.4. The number of aliphatic hydroxyl groups is 1. The van der Waals surface area contributed by atoms with Gasteiger partial charge in [0.25, 0.3) is 5.95 Å². The standard InChI is InChI=1S/C9H15NO4S/c1-4-13-8(11)6(7(15)10-3)9(12)14-5-2/h11H,4-5H2,1-3H3,(H,10,15). The average molecular weight is 233 g/mol. The average Bonchev–Trinajstić information content (AvgIpc) is 2.18. The zero-order valence-corrected chi connectivity index (χ0v) is 9.81. The van der Waals surface area contributed by atoms with E-state index in [4.69, 9.17) is 21.7 Å². The SMILES string of the molecule is CCOC(=O)C(C(=S)NC)=C(O)OCC. The van der Waals surface area contributed by atoms with E-state index in [1.54, 1.807) is 20.9 Å². The summed E-state index contributed by atoms with van der Waals surface area (Å²) in [5.74, 6) is -1.22. The van der Waals surface area contributed by atoms with Crippen LogP contribution in [0.5, 0.6) is 0 Å². The van der Waals surface area contributed by atoms with Crippen molar-refractivity contribution in [1.29, 1.82) is 0 Å². The zero-order chi connectivity index (χ0) is 11.8. The van der Waals surface area contributed by atoms with Crippen LogP contribution < -0.4 is 5.32 Å². The summed E-state index contributed by atoms with van der Waals surface area (Å²) in [6.45, 7) is 3.78. The number of hydrogen-bond donors (Lipinski definition) is 2. The minimum Gasteiger partial charge on any atom is -0.480 e. The molecule has 0 fully saturated rings. The maximum atomic E-state index is 11.4. The first-order valence-corrected chi connectivity index (χ1v) is 4.94. The van der Waals surface area contributed by atoms with Crippen molar-refractivity contribution < 1.29 is 19.4 Å². The first-order chi connectivity index (χ1) is 7.08. The van der Waals surface area contributed by atoms with Gasteiger partial charge in [0.2, 0.25) is 0 Å². The van der Waals surface area contributed by atoms with Gasteiger partial charge in [-0.3, -0.25) is 0 Å². The Kier molecular flexibility index (Phi) is 6.44. The summed E-state index contributed by atoms with van der Waals surface area (Å²) in [5.41, 5.74) is -0.156. The fourth-order valence-electron chi connectivity index (χ4n) is 0.814. The van der Waals surface area contributed by atoms with E-state index >= 15 is 0 Å². The molecule has 0 saturated heterocycles. The Balaban J connectivity index is 4.95. The Labute approximate surface area is 94.1 Å². The fraction of sp³-hybridized carbons (Fsp3) is 0.556. The van der Waals surface area contributed by atoms with Crippen LogP contribution in [0.15, 0.2) is 11.5 Å². The predicted molar refractivity (Wildman–Crippen MR) is 59.6 cm³/mol. The topological polar surface area (TPSA) is 67.8 Å². The molecular formula is C9H15NO4S. The lowest BCUT2D eigenvalue weighted by atomic mass is 10.3. The molecule has 0 bridgehead atoms. The van der Waals surface area contributed by atoms with Gasteiger partial charge in [-0.05, 0) is 13.8 Å². The highest BCUT2D eigenvalue weighted by atomic mass is 32.1. The van der Waals surface area contributed by atoms with E-state index in [1.807, 2.05) is 0 Å². The van der Waals surface area contributed by atoms with Crippen molar-refractivity contribution in [3.63, 3.8) is 0 Å². The number of aliphatic hydroxyl groups excluding tert-OH is 1. The molecule has 5 nitrogen and oxygen atoms in total. The molecule has 0 aliphatic heterocycles. The lowest BCUT2D eigenvalue weighted by molar-refractivity contribution is -0.138. The van der Waals surface area contributed by atoms with E-state index in [2.05, 4.69) is 5.32 Å². The van der Waals surface area contributed by atoms with Crippen LogP contribution in [0.25, 0.3) is 0 Å². The Hall–Kier alpha value is -1.30. The van der Waals surface area contributed by atoms with Gasteiger partial charge in [-0.25, -0.2) is 4.79 Å². The molecule has 0 aromatic carbocycles. The van der Waals surface area contributed by atoms with Crippen molar-refractivity contribution in [2.24, 2.45) is 0 Å². The summed E-state index contributed by atoms with van der Waals surface area (Å²) in [5, 5.41) is 12.0. The highest BCUT2D eigenvalue weighted by Gasteiger charge is 2.22. The van der Waals surface area contributed by atoms with Crippen LogP contribution in [0.2, 0.25) is 0 Å². The monoisotopic (exact) mass is 233 g/mol. The number of esters is 1. The van der Waals surface area contributed by atoms with E-state index in [9.17, 15) is 9.90 Å². The molecular weight excluding hydrogens is 218 g/mol. The summed E-state index contributed by atoms with van der Waals surface area (Å²) in [6, 6.07) is 0. The predicted octanol–water partition coefficient (Wildman–Crippen LogP) is 0.902. The molecule has 0 aromatic heterocycles. The molecule has 6 heteroatoms. The van der Waals surface area contributed by atoms with Gasteiger partial charge >= 0.3 is 5.97 Å². The van der Waals surface area contributed by atoms with Crippen molar-refractivity contribution in [3.05, 3.63) is 11.5 Å². The van der Waals surface area contributed by atoms with Crippen molar-refractivity contribution in [1.82, 2.24) is 5.32 Å². The van der Waals surface area contributed by atoms with Gasteiger partial charge in [0.15, 0.2) is 5.57 Å². The number of ether oxygens (including phenoxy) is 2. The first-order valence-electron chi connectivity index (χ1n) is 4.53. The van der Waals surface area contributed by atoms with E-state index in [1.165, 1.54) is 0 Å². The lowest BCUT2D eigenvalue weighted by Gasteiger charge is -2.10. The van der Waals surface area contributed by atoms with Gasteiger partial charge in [-0.15, -0.1) is 0 Å². The van der Waals surface area contributed by atoms with Crippen molar-refractivity contribution in [2.75, 3.05) is 20.3 Å². The summed E-state index contributed by atoms with van der Waals surface area (Å²) in [7, 11) is 1.54. The third kappa shape index (κ3) is 4.16. The van der Waals surface area contributed by atoms with Crippen LogP contribution in [0.1, 0.15) is 13.8 Å². The van der Waals surface area contributed by atoms with Gasteiger partial charge in [0, 0.05) is 7.05 Å². The van der Waals surface area contributed by atoms with Crippen molar-refractivity contribution in [3.8, 4) is 0 Å². The van der Waals surface area contributed by atoms with Crippen LogP contribution in [-0.4, -0.2) is 36.3 Å². The minimum atomic E-state index is -0.706. The third-order valence-corrected chi connectivity index (χ3v) is 1.84. The Morgan fingerprint density at radius 1 is 1.33 bits per heavy atom. The maximum absolute atomic E-state index is 11.4. The van der Waals surface area contributed by atoms with Gasteiger partial charge in [0.05, 0.1) is 13.2 Å². The maximum Gasteiger partial charge on any atom is 0.348 e. The molecule has 0 spiro atoms. The van der Waals surface area contributed by atoms with Crippen molar-refractivity contribution >= 4 is 23.2 Å². The molecule has 0 heterocycles. The summed E-state index contributed by atoms with van der Waals surface area (Å²) in [4.78, 5) is 11.5. The fourth-order valence-corrected chi connectivity index (χ4v) is 0.985. The third-order valence-electron chi connectivity index (χ3n) is 1.43. The van der Waals surface area contributed by atoms with E-state index < -0.39 is 11.9 Å². The molecule has 0 aliphatic carbocycles. The van der Waals surface area contributed by atoms with Gasteiger partial charge < -0.3 is 19.9 Å². The zero-order valence-electron chi connectivity index (χ0n) is 8.99. The summed E-state index contributed by atoms with van der Waals surface area (Å²) in [6.07, 6.45) is 0. The molecule has 0 unspecified atom stereocenters. The largest absolute Gasteiger partial charge is 0.480 e. The van der Waals surface area contributed by atoms with Crippen molar-refractivity contribution in [2.45, 2.75) is 13.8 Å². The highest BCUT2D eigenvalue weighted by Crippen LogP contribution is 2.07. The molecule has 0 atom stereocenters. The second-order valence-corrected chi connectivity index (χ2v) is 2.82. The minimum absolute atomic E-state index is 0.0828. The van der Waals surface area contributed by atoms with Crippen LogP contribution in [0.3, 0.4) is 0 Å². The summed E-state index contributed by atoms with van der Waals surface area (Å²) < 4.78 is 9.53. The first kappa shape index (κ1) is 13.7. The number of hydrogen-bond acceptors (Lipinski definition) is 5. The molecule has 86 valence electrons. The molecule has 0 radical (unpaired) electrons. The smallest absolute Gasteiger partial charge is 0.348 e. The second-order valence-electron chi connectivity index (χ2n) is 2.41. The highest BCUT2D eigenvalue weighted by molar-refractivity contribution is 7.80. The Morgan fingerprint density at radius 2 is 1.87 bits per heavy atom. The van der Waals surface area contributed by atoms with Crippen LogP contribution in [-0.2, 0) is 14.3 Å². The summed E-state index contributed by atoms with van der Waals surface area (Å²) >= 11 is 4.85. The van der Waals surface area contributed by atoms with Gasteiger partial charge in [-0.1, -0.05) is 12.2 Å². The Bertz CT molecular complexity index is 275. The van der Waals surface area contributed by atoms with E-state index in [0.29, 0.717) is 0 Å². The number of carbonyl (C=O) groups excluding carboxylic acids is 1. The van der Waals surface area contributed by atoms with Crippen LogP contribution >= 0.6 is 12.2 Å². The quantitative estimate of drug-likeness (QED) is 0.318. The molecule has 0 saturated carbocycles. The molecule has 0 aromatic rings. The molecule has 15 heavy (non-hydrogen) atoms.